The van der Waals surface area contributed by atoms with Gasteiger partial charge in [-0.3, -0.25) is 9.69 Å². The van der Waals surface area contributed by atoms with Crippen molar-refractivity contribution in [1.82, 2.24) is 4.90 Å². The molecule has 0 bridgehead atoms. The van der Waals surface area contributed by atoms with Crippen LogP contribution in [0.5, 0.6) is 0 Å². The van der Waals surface area contributed by atoms with Crippen molar-refractivity contribution in [3.63, 3.8) is 0 Å². The molecule has 1 rings (SSSR count). The van der Waals surface area contributed by atoms with Gasteiger partial charge in [0.05, 0.1) is 6.54 Å². The van der Waals surface area contributed by atoms with Crippen LogP contribution in [0.3, 0.4) is 0 Å². The third kappa shape index (κ3) is 2.38. The Balaban J connectivity index is 2.54. The molecule has 1 heterocycles. The summed E-state index contributed by atoms with van der Waals surface area (Å²) in [5.74, 6) is 1.96. The van der Waals surface area contributed by atoms with Crippen molar-refractivity contribution in [1.29, 1.82) is 0 Å². The molecule has 1 fully saturated rings. The van der Waals surface area contributed by atoms with Crippen LogP contribution in [0.4, 0.5) is 0 Å². The molecule has 0 atom stereocenters. The fraction of sp³-hybridized carbons (Fsp3) is 0.875. The van der Waals surface area contributed by atoms with Crippen LogP contribution in [0.25, 0.3) is 0 Å². The molecule has 0 aromatic carbocycles. The summed E-state index contributed by atoms with van der Waals surface area (Å²) in [6, 6.07) is 0. The van der Waals surface area contributed by atoms with Crippen molar-refractivity contribution in [3.8, 4) is 0 Å². The molecular weight excluding hydrogens is 172 g/mol. The van der Waals surface area contributed by atoms with Crippen molar-refractivity contribution in [2.45, 2.75) is 19.4 Å². The van der Waals surface area contributed by atoms with Gasteiger partial charge in [-0.1, -0.05) is 0 Å². The molecule has 0 unspecified atom stereocenters. The molecule has 0 spiro atoms. The molecule has 0 aliphatic carbocycles. The van der Waals surface area contributed by atoms with Gasteiger partial charge in [0.1, 0.15) is 0 Å². The van der Waals surface area contributed by atoms with Gasteiger partial charge in [-0.25, -0.2) is 0 Å². The van der Waals surface area contributed by atoms with E-state index in [1.165, 1.54) is 0 Å². The standard InChI is InChI=1S/C8H16N2OS/c1-8(2)6-12-4-3-10(8)5-7(9)11/h3-6H2,1-2H3,(H2,9,11). The van der Waals surface area contributed by atoms with Gasteiger partial charge in [-0.2, -0.15) is 11.8 Å². The minimum absolute atomic E-state index is 0.123. The lowest BCUT2D eigenvalue weighted by atomic mass is 10.1. The van der Waals surface area contributed by atoms with Crippen molar-refractivity contribution < 1.29 is 4.79 Å². The SMILES string of the molecule is CC1(C)CSCCN1CC(N)=O. The summed E-state index contributed by atoms with van der Waals surface area (Å²) in [4.78, 5) is 12.9. The smallest absolute Gasteiger partial charge is 0.231 e. The highest BCUT2D eigenvalue weighted by Crippen LogP contribution is 2.25. The lowest BCUT2D eigenvalue weighted by molar-refractivity contribution is -0.120. The van der Waals surface area contributed by atoms with Crippen molar-refractivity contribution in [3.05, 3.63) is 0 Å². The summed E-state index contributed by atoms with van der Waals surface area (Å²) in [7, 11) is 0. The average Bonchev–Trinajstić information content (AvgIpc) is 1.92. The highest BCUT2D eigenvalue weighted by molar-refractivity contribution is 7.99. The third-order valence-corrected chi connectivity index (χ3v) is 3.55. The second-order valence-corrected chi connectivity index (χ2v) is 4.86. The third-order valence-electron chi connectivity index (χ3n) is 2.16. The quantitative estimate of drug-likeness (QED) is 0.678. The van der Waals surface area contributed by atoms with E-state index in [9.17, 15) is 4.79 Å². The van der Waals surface area contributed by atoms with Gasteiger partial charge in [-0.05, 0) is 13.8 Å². The van der Waals surface area contributed by atoms with E-state index in [1.54, 1.807) is 0 Å². The lowest BCUT2D eigenvalue weighted by Gasteiger charge is -2.41. The Bertz CT molecular complexity index is 182. The summed E-state index contributed by atoms with van der Waals surface area (Å²) in [6.45, 7) is 5.68. The zero-order chi connectivity index (χ0) is 9.19. The van der Waals surface area contributed by atoms with Crippen LogP contribution >= 0.6 is 11.8 Å². The molecule has 1 aliphatic rings. The van der Waals surface area contributed by atoms with Crippen LogP contribution in [-0.4, -0.2) is 40.9 Å². The molecular formula is C8H16N2OS. The Labute approximate surface area is 77.7 Å². The topological polar surface area (TPSA) is 46.3 Å². The molecule has 1 amide bonds. The molecule has 0 radical (unpaired) electrons. The van der Waals surface area contributed by atoms with Gasteiger partial charge in [0.25, 0.3) is 0 Å². The number of nitrogens with two attached hydrogens (primary N) is 1. The maximum atomic E-state index is 10.7. The number of nitrogens with zero attached hydrogens (tertiary/aromatic N) is 1. The van der Waals surface area contributed by atoms with Gasteiger partial charge < -0.3 is 5.73 Å². The van der Waals surface area contributed by atoms with E-state index in [4.69, 9.17) is 5.73 Å². The minimum Gasteiger partial charge on any atom is -0.369 e. The molecule has 1 saturated heterocycles. The van der Waals surface area contributed by atoms with Gasteiger partial charge in [0, 0.05) is 23.6 Å². The zero-order valence-electron chi connectivity index (χ0n) is 7.67. The molecule has 1 aliphatic heterocycles. The molecule has 0 saturated carbocycles. The fourth-order valence-electron chi connectivity index (χ4n) is 1.37. The molecule has 2 N–H and O–H groups in total. The van der Waals surface area contributed by atoms with Crippen LogP contribution in [0.1, 0.15) is 13.8 Å². The number of hydrogen-bond acceptors (Lipinski definition) is 3. The lowest BCUT2D eigenvalue weighted by Crippen LogP contribution is -2.53. The second kappa shape index (κ2) is 3.66. The molecule has 12 heavy (non-hydrogen) atoms. The van der Waals surface area contributed by atoms with Gasteiger partial charge >= 0.3 is 0 Å². The number of carbonyl (C=O) groups is 1. The summed E-state index contributed by atoms with van der Waals surface area (Å²) >= 11 is 1.94. The Kier molecular flexibility index (Phi) is 3.01. The highest BCUT2D eigenvalue weighted by Gasteiger charge is 2.30. The largest absolute Gasteiger partial charge is 0.369 e. The zero-order valence-corrected chi connectivity index (χ0v) is 8.49. The molecule has 0 aromatic rings. The minimum atomic E-state index is -0.227. The monoisotopic (exact) mass is 188 g/mol. The number of hydrogen-bond donors (Lipinski definition) is 1. The number of thioether (sulfide) groups is 1. The van der Waals surface area contributed by atoms with E-state index >= 15 is 0 Å². The predicted octanol–water partition coefficient (Wildman–Crippen LogP) is 0.299. The molecule has 4 heteroatoms. The average molecular weight is 188 g/mol. The van der Waals surface area contributed by atoms with Crippen LogP contribution in [0, 0.1) is 0 Å². The van der Waals surface area contributed by atoms with E-state index < -0.39 is 0 Å². The van der Waals surface area contributed by atoms with Crippen molar-refractivity contribution >= 4 is 17.7 Å². The van der Waals surface area contributed by atoms with E-state index in [1.807, 2.05) is 11.8 Å². The number of primary amides is 1. The number of carbonyl (C=O) groups excluding carboxylic acids is 1. The normalized spacial score (nSPS) is 23.8. The maximum absolute atomic E-state index is 10.7. The van der Waals surface area contributed by atoms with E-state index in [0.717, 1.165) is 18.1 Å². The first kappa shape index (κ1) is 9.86. The summed E-state index contributed by atoms with van der Waals surface area (Å²) in [5.41, 5.74) is 5.28. The summed E-state index contributed by atoms with van der Waals surface area (Å²) in [5, 5.41) is 0. The Morgan fingerprint density at radius 2 is 2.33 bits per heavy atom. The van der Waals surface area contributed by atoms with Crippen LogP contribution in [0.2, 0.25) is 0 Å². The predicted molar refractivity (Wildman–Crippen MR) is 52.2 cm³/mol. The highest BCUT2D eigenvalue weighted by atomic mass is 32.2. The van der Waals surface area contributed by atoms with Crippen LogP contribution in [0.15, 0.2) is 0 Å². The summed E-state index contributed by atoms with van der Waals surface area (Å²) < 4.78 is 0. The van der Waals surface area contributed by atoms with Crippen molar-refractivity contribution in [2.24, 2.45) is 5.73 Å². The first-order chi connectivity index (χ1) is 5.52. The Morgan fingerprint density at radius 3 is 2.83 bits per heavy atom. The van der Waals surface area contributed by atoms with E-state index in [2.05, 4.69) is 18.7 Å². The fourth-order valence-corrected chi connectivity index (χ4v) is 2.55. The van der Waals surface area contributed by atoms with Gasteiger partial charge in [-0.15, -0.1) is 0 Å². The second-order valence-electron chi connectivity index (χ2n) is 3.75. The van der Waals surface area contributed by atoms with E-state index in [-0.39, 0.29) is 11.4 Å². The van der Waals surface area contributed by atoms with Gasteiger partial charge in [0.2, 0.25) is 5.91 Å². The first-order valence-electron chi connectivity index (χ1n) is 4.13. The number of rotatable bonds is 2. The van der Waals surface area contributed by atoms with E-state index in [0.29, 0.717) is 6.54 Å². The maximum Gasteiger partial charge on any atom is 0.231 e. The molecule has 3 nitrogen and oxygen atoms in total. The summed E-state index contributed by atoms with van der Waals surface area (Å²) in [6.07, 6.45) is 0. The molecule has 0 aromatic heterocycles. The molecule has 70 valence electrons. The first-order valence-corrected chi connectivity index (χ1v) is 5.29. The van der Waals surface area contributed by atoms with Crippen LogP contribution < -0.4 is 5.73 Å². The Hall–Kier alpha value is -0.220. The van der Waals surface area contributed by atoms with Crippen molar-refractivity contribution in [2.75, 3.05) is 24.6 Å². The van der Waals surface area contributed by atoms with Gasteiger partial charge in [0.15, 0.2) is 0 Å². The van der Waals surface area contributed by atoms with Crippen LogP contribution in [-0.2, 0) is 4.79 Å². The number of amides is 1. The Morgan fingerprint density at radius 1 is 1.67 bits per heavy atom.